The van der Waals surface area contributed by atoms with E-state index in [1.165, 1.54) is 31.3 Å². The summed E-state index contributed by atoms with van der Waals surface area (Å²) in [6.45, 7) is 1.72. The molecule has 1 N–H and O–H groups in total. The van der Waals surface area contributed by atoms with E-state index in [1.807, 2.05) is 0 Å². The molecule has 0 aliphatic carbocycles. The predicted octanol–water partition coefficient (Wildman–Crippen LogP) is 2.68. The number of ether oxygens (including phenoxy) is 1. The quantitative estimate of drug-likeness (QED) is 0.717. The number of carbonyl (C=O) groups is 1. The fourth-order valence-electron chi connectivity index (χ4n) is 2.18. The molecule has 0 aliphatic heterocycles. The zero-order chi connectivity index (χ0) is 20.0. The molecule has 0 saturated heterocycles. The van der Waals surface area contributed by atoms with E-state index in [-0.39, 0.29) is 17.3 Å². The molecule has 1 atom stereocenters. The van der Waals surface area contributed by atoms with E-state index in [2.05, 4.69) is 11.2 Å². The van der Waals surface area contributed by atoms with Crippen molar-refractivity contribution in [2.24, 2.45) is 0 Å². The standard InChI is InChI=1S/C19H19ClN2O4S/c1-4-13-21-19(23)14(2)26-17-9-7-16(8-10-17)22(3)27(24,25)18-11-5-15(20)6-12-18/h1,5-12,14H,13H2,2-3H3,(H,21,23). The molecule has 0 fully saturated rings. The molecule has 0 saturated carbocycles. The van der Waals surface area contributed by atoms with Crippen molar-refractivity contribution >= 4 is 33.2 Å². The summed E-state index contributed by atoms with van der Waals surface area (Å²) >= 11 is 5.81. The Balaban J connectivity index is 2.11. The van der Waals surface area contributed by atoms with Gasteiger partial charge in [-0.15, -0.1) is 6.42 Å². The number of rotatable bonds is 7. The SMILES string of the molecule is C#CCNC(=O)C(C)Oc1ccc(N(C)S(=O)(=O)c2ccc(Cl)cc2)cc1. The molecule has 8 heteroatoms. The number of amides is 1. The lowest BCUT2D eigenvalue weighted by Gasteiger charge is -2.20. The maximum Gasteiger partial charge on any atom is 0.264 e. The van der Waals surface area contributed by atoms with Gasteiger partial charge in [-0.1, -0.05) is 17.5 Å². The number of hydrogen-bond acceptors (Lipinski definition) is 4. The van der Waals surface area contributed by atoms with Crippen molar-refractivity contribution in [3.63, 3.8) is 0 Å². The first kappa shape index (κ1) is 20.6. The summed E-state index contributed by atoms with van der Waals surface area (Å²) in [5.74, 6) is 2.41. The third-order valence-electron chi connectivity index (χ3n) is 3.72. The van der Waals surface area contributed by atoms with Gasteiger partial charge in [-0.05, 0) is 55.5 Å². The first-order valence-corrected chi connectivity index (χ1v) is 9.80. The Morgan fingerprint density at radius 2 is 1.81 bits per heavy atom. The molecule has 0 heterocycles. The zero-order valence-electron chi connectivity index (χ0n) is 14.8. The average Bonchev–Trinajstić information content (AvgIpc) is 2.66. The van der Waals surface area contributed by atoms with Gasteiger partial charge in [0.2, 0.25) is 0 Å². The molecule has 0 radical (unpaired) electrons. The number of sulfonamides is 1. The lowest BCUT2D eigenvalue weighted by atomic mass is 10.3. The molecule has 1 amide bonds. The third-order valence-corrected chi connectivity index (χ3v) is 5.77. The molecule has 0 aliphatic rings. The fourth-order valence-corrected chi connectivity index (χ4v) is 3.50. The van der Waals surface area contributed by atoms with Gasteiger partial charge in [0, 0.05) is 12.1 Å². The van der Waals surface area contributed by atoms with Gasteiger partial charge in [-0.25, -0.2) is 8.42 Å². The van der Waals surface area contributed by atoms with Crippen LogP contribution in [-0.2, 0) is 14.8 Å². The Hall–Kier alpha value is -2.69. The highest BCUT2D eigenvalue weighted by Crippen LogP contribution is 2.25. The number of carbonyl (C=O) groups excluding carboxylic acids is 1. The lowest BCUT2D eigenvalue weighted by Crippen LogP contribution is -2.36. The number of nitrogens with zero attached hydrogens (tertiary/aromatic N) is 1. The lowest BCUT2D eigenvalue weighted by molar-refractivity contribution is -0.126. The van der Waals surface area contributed by atoms with Crippen LogP contribution >= 0.6 is 11.6 Å². The second-order valence-electron chi connectivity index (χ2n) is 5.60. The van der Waals surface area contributed by atoms with E-state index in [4.69, 9.17) is 22.8 Å². The number of halogens is 1. The molecule has 0 bridgehead atoms. The normalized spacial score (nSPS) is 11.9. The summed E-state index contributed by atoms with van der Waals surface area (Å²) in [6, 6.07) is 12.3. The molecule has 2 rings (SSSR count). The minimum atomic E-state index is -3.72. The molecule has 0 aromatic heterocycles. The molecule has 27 heavy (non-hydrogen) atoms. The van der Waals surface area contributed by atoms with E-state index < -0.39 is 16.1 Å². The molecular weight excluding hydrogens is 388 g/mol. The molecule has 0 spiro atoms. The van der Waals surface area contributed by atoms with Gasteiger partial charge < -0.3 is 10.1 Å². The van der Waals surface area contributed by atoms with Crippen molar-refractivity contribution in [3.05, 3.63) is 53.6 Å². The average molecular weight is 407 g/mol. The van der Waals surface area contributed by atoms with Crippen LogP contribution in [-0.4, -0.2) is 34.0 Å². The number of terminal acetylenes is 1. The van der Waals surface area contributed by atoms with Gasteiger partial charge in [-0.3, -0.25) is 9.10 Å². The van der Waals surface area contributed by atoms with Crippen LogP contribution in [0.2, 0.25) is 5.02 Å². The van der Waals surface area contributed by atoms with Crippen LogP contribution in [0.3, 0.4) is 0 Å². The maximum absolute atomic E-state index is 12.7. The maximum atomic E-state index is 12.7. The van der Waals surface area contributed by atoms with Crippen molar-refractivity contribution in [1.82, 2.24) is 5.32 Å². The van der Waals surface area contributed by atoms with Crippen LogP contribution < -0.4 is 14.4 Å². The Morgan fingerprint density at radius 3 is 2.37 bits per heavy atom. The largest absolute Gasteiger partial charge is 0.481 e. The highest BCUT2D eigenvalue weighted by atomic mass is 35.5. The molecule has 142 valence electrons. The van der Waals surface area contributed by atoms with Crippen LogP contribution in [0.1, 0.15) is 6.92 Å². The second kappa shape index (κ2) is 8.80. The van der Waals surface area contributed by atoms with Crippen molar-refractivity contribution in [2.45, 2.75) is 17.9 Å². The number of nitrogens with one attached hydrogen (secondary N) is 1. The Morgan fingerprint density at radius 1 is 1.22 bits per heavy atom. The van der Waals surface area contributed by atoms with Gasteiger partial charge in [0.25, 0.3) is 15.9 Å². The summed E-state index contributed by atoms with van der Waals surface area (Å²) in [7, 11) is -2.26. The highest BCUT2D eigenvalue weighted by molar-refractivity contribution is 7.92. The van der Waals surface area contributed by atoms with E-state index in [9.17, 15) is 13.2 Å². The molecule has 6 nitrogen and oxygen atoms in total. The topological polar surface area (TPSA) is 75.7 Å². The minimum Gasteiger partial charge on any atom is -0.481 e. The van der Waals surface area contributed by atoms with Crippen molar-refractivity contribution < 1.29 is 17.9 Å². The van der Waals surface area contributed by atoms with Gasteiger partial charge in [-0.2, -0.15) is 0 Å². The molecule has 1 unspecified atom stereocenters. The number of hydrogen-bond donors (Lipinski definition) is 1. The number of anilines is 1. The molecule has 2 aromatic carbocycles. The zero-order valence-corrected chi connectivity index (χ0v) is 16.4. The van der Waals surface area contributed by atoms with Gasteiger partial charge in [0.15, 0.2) is 6.10 Å². The van der Waals surface area contributed by atoms with Gasteiger partial charge >= 0.3 is 0 Å². The Kier molecular flexibility index (Phi) is 6.72. The van der Waals surface area contributed by atoms with Crippen LogP contribution in [0.25, 0.3) is 0 Å². The van der Waals surface area contributed by atoms with Crippen molar-refractivity contribution in [3.8, 4) is 18.1 Å². The fraction of sp³-hybridized carbons (Fsp3) is 0.211. The molecular formula is C19H19ClN2O4S. The minimum absolute atomic E-state index is 0.124. The van der Waals surface area contributed by atoms with E-state index in [1.54, 1.807) is 31.2 Å². The summed E-state index contributed by atoms with van der Waals surface area (Å²) in [4.78, 5) is 11.9. The van der Waals surface area contributed by atoms with Crippen LogP contribution in [0.15, 0.2) is 53.4 Å². The second-order valence-corrected chi connectivity index (χ2v) is 8.01. The number of benzene rings is 2. The van der Waals surface area contributed by atoms with E-state index in [0.717, 1.165) is 4.31 Å². The van der Waals surface area contributed by atoms with E-state index in [0.29, 0.717) is 16.5 Å². The Labute approximate surface area is 164 Å². The molecule has 2 aromatic rings. The van der Waals surface area contributed by atoms with Crippen LogP contribution in [0, 0.1) is 12.3 Å². The third kappa shape index (κ3) is 5.16. The smallest absolute Gasteiger partial charge is 0.264 e. The first-order valence-electron chi connectivity index (χ1n) is 7.98. The first-order chi connectivity index (χ1) is 12.8. The summed E-state index contributed by atoms with van der Waals surface area (Å²) in [6.07, 6.45) is 4.36. The van der Waals surface area contributed by atoms with E-state index >= 15 is 0 Å². The van der Waals surface area contributed by atoms with Crippen molar-refractivity contribution in [1.29, 1.82) is 0 Å². The predicted molar refractivity (Wildman–Crippen MR) is 105 cm³/mol. The monoisotopic (exact) mass is 406 g/mol. The van der Waals surface area contributed by atoms with Crippen molar-refractivity contribution in [2.75, 3.05) is 17.9 Å². The highest BCUT2D eigenvalue weighted by Gasteiger charge is 2.21. The van der Waals surface area contributed by atoms with Gasteiger partial charge in [0.05, 0.1) is 17.1 Å². The van der Waals surface area contributed by atoms with Crippen LogP contribution in [0.4, 0.5) is 5.69 Å². The summed E-state index contributed by atoms with van der Waals surface area (Å²) < 4.78 is 32.0. The summed E-state index contributed by atoms with van der Waals surface area (Å²) in [5.41, 5.74) is 0.446. The summed E-state index contributed by atoms with van der Waals surface area (Å²) in [5, 5.41) is 2.98. The van der Waals surface area contributed by atoms with Gasteiger partial charge in [0.1, 0.15) is 5.75 Å². The van der Waals surface area contributed by atoms with Crippen LogP contribution in [0.5, 0.6) is 5.75 Å². The Bertz CT molecular complexity index is 935.